The van der Waals surface area contributed by atoms with Gasteiger partial charge in [-0.3, -0.25) is 9.69 Å². The van der Waals surface area contributed by atoms with Crippen LogP contribution in [0.4, 0.5) is 0 Å². The van der Waals surface area contributed by atoms with Gasteiger partial charge in [-0.05, 0) is 47.4 Å². The van der Waals surface area contributed by atoms with Gasteiger partial charge in [-0.15, -0.1) is 11.3 Å². The van der Waals surface area contributed by atoms with Crippen molar-refractivity contribution < 1.29 is 9.90 Å². The Balaban J connectivity index is 1.92. The Bertz CT molecular complexity index is 380. The predicted molar refractivity (Wildman–Crippen MR) is 67.7 cm³/mol. The number of halogens is 1. The molecule has 3 nitrogen and oxygen atoms in total. The average molecular weight is 304 g/mol. The minimum Gasteiger partial charge on any atom is -0.481 e. The molecule has 1 saturated heterocycles. The van der Waals surface area contributed by atoms with Crippen LogP contribution in [0.2, 0.25) is 0 Å². The molecule has 0 radical (unpaired) electrons. The molecule has 0 amide bonds. The third kappa shape index (κ3) is 3.06. The topological polar surface area (TPSA) is 40.5 Å². The fourth-order valence-electron chi connectivity index (χ4n) is 2.06. The van der Waals surface area contributed by atoms with E-state index in [2.05, 4.69) is 26.9 Å². The minimum absolute atomic E-state index is 0.183. The lowest BCUT2D eigenvalue weighted by Crippen LogP contribution is -2.37. The molecule has 1 aliphatic heterocycles. The number of carbonyl (C=O) groups is 1. The number of likely N-dealkylation sites (tertiary alicyclic amines) is 1. The fraction of sp³-hybridized carbons (Fsp3) is 0.545. The van der Waals surface area contributed by atoms with Crippen molar-refractivity contribution in [1.29, 1.82) is 0 Å². The Kier molecular flexibility index (Phi) is 4.00. The standard InChI is InChI=1S/C11H14BrNO2S/c12-10-4-3-9(16-10)7-13-5-1-2-8(6-13)11(14)15/h3-4,8H,1-2,5-7H2,(H,14,15)/t8-/m0/s1. The summed E-state index contributed by atoms with van der Waals surface area (Å²) in [7, 11) is 0. The number of nitrogens with zero attached hydrogens (tertiary/aromatic N) is 1. The van der Waals surface area contributed by atoms with Gasteiger partial charge >= 0.3 is 5.97 Å². The lowest BCUT2D eigenvalue weighted by atomic mass is 9.98. The van der Waals surface area contributed by atoms with Crippen LogP contribution in [-0.4, -0.2) is 29.1 Å². The van der Waals surface area contributed by atoms with E-state index < -0.39 is 5.97 Å². The van der Waals surface area contributed by atoms with Crippen LogP contribution in [0, 0.1) is 5.92 Å². The largest absolute Gasteiger partial charge is 0.481 e. The van der Waals surface area contributed by atoms with E-state index in [1.807, 2.05) is 6.07 Å². The molecule has 1 aromatic rings. The van der Waals surface area contributed by atoms with E-state index in [9.17, 15) is 4.79 Å². The highest BCUT2D eigenvalue weighted by Gasteiger charge is 2.25. The zero-order valence-corrected chi connectivity index (χ0v) is 11.3. The molecule has 0 spiro atoms. The summed E-state index contributed by atoms with van der Waals surface area (Å²) in [5.41, 5.74) is 0. The summed E-state index contributed by atoms with van der Waals surface area (Å²) in [6, 6.07) is 4.14. The van der Waals surface area contributed by atoms with Crippen molar-refractivity contribution in [1.82, 2.24) is 4.90 Å². The first-order valence-electron chi connectivity index (χ1n) is 5.34. The average Bonchev–Trinajstić information content (AvgIpc) is 2.64. The van der Waals surface area contributed by atoms with Crippen molar-refractivity contribution in [2.75, 3.05) is 13.1 Å². The Morgan fingerprint density at radius 3 is 3.06 bits per heavy atom. The van der Waals surface area contributed by atoms with Crippen molar-refractivity contribution in [2.24, 2.45) is 5.92 Å². The molecule has 1 aliphatic rings. The zero-order chi connectivity index (χ0) is 11.5. The second-order valence-corrected chi connectivity index (χ2v) is 6.67. The highest BCUT2D eigenvalue weighted by Crippen LogP contribution is 2.25. The van der Waals surface area contributed by atoms with Gasteiger partial charge in [-0.2, -0.15) is 0 Å². The van der Waals surface area contributed by atoms with Crippen LogP contribution in [0.5, 0.6) is 0 Å². The first kappa shape index (κ1) is 12.1. The molecule has 0 unspecified atom stereocenters. The Labute approximate surface area is 107 Å². The van der Waals surface area contributed by atoms with E-state index in [0.717, 1.165) is 29.7 Å². The summed E-state index contributed by atoms with van der Waals surface area (Å²) in [5, 5.41) is 8.99. The molecule has 2 heterocycles. The number of hydrogen-bond acceptors (Lipinski definition) is 3. The van der Waals surface area contributed by atoms with E-state index >= 15 is 0 Å². The molecule has 0 bridgehead atoms. The summed E-state index contributed by atoms with van der Waals surface area (Å²) in [6.45, 7) is 2.57. The summed E-state index contributed by atoms with van der Waals surface area (Å²) in [4.78, 5) is 14.5. The van der Waals surface area contributed by atoms with Crippen molar-refractivity contribution >= 4 is 33.2 Å². The van der Waals surface area contributed by atoms with Crippen LogP contribution < -0.4 is 0 Å². The number of hydrogen-bond donors (Lipinski definition) is 1. The molecule has 1 aromatic heterocycles. The Morgan fingerprint density at radius 1 is 1.62 bits per heavy atom. The van der Waals surface area contributed by atoms with Crippen LogP contribution in [0.1, 0.15) is 17.7 Å². The smallest absolute Gasteiger partial charge is 0.307 e. The fourth-order valence-corrected chi connectivity index (χ4v) is 3.58. The molecule has 0 saturated carbocycles. The van der Waals surface area contributed by atoms with Crippen molar-refractivity contribution in [3.8, 4) is 0 Å². The van der Waals surface area contributed by atoms with E-state index in [4.69, 9.17) is 5.11 Å². The van der Waals surface area contributed by atoms with Gasteiger partial charge in [0.15, 0.2) is 0 Å². The van der Waals surface area contributed by atoms with Gasteiger partial charge in [0.05, 0.1) is 9.70 Å². The molecule has 5 heteroatoms. The number of aliphatic carboxylic acids is 1. The number of thiophene rings is 1. The first-order valence-corrected chi connectivity index (χ1v) is 6.95. The van der Waals surface area contributed by atoms with E-state index in [0.29, 0.717) is 6.54 Å². The van der Waals surface area contributed by atoms with Gasteiger partial charge in [0.25, 0.3) is 0 Å². The minimum atomic E-state index is -0.655. The van der Waals surface area contributed by atoms with Gasteiger partial charge in [0.2, 0.25) is 0 Å². The molecule has 1 N–H and O–H groups in total. The maximum atomic E-state index is 10.9. The van der Waals surface area contributed by atoms with Gasteiger partial charge in [-0.25, -0.2) is 0 Å². The Morgan fingerprint density at radius 2 is 2.44 bits per heavy atom. The molecule has 1 atom stereocenters. The van der Waals surface area contributed by atoms with Crippen LogP contribution >= 0.6 is 27.3 Å². The maximum Gasteiger partial charge on any atom is 0.307 e. The summed E-state index contributed by atoms with van der Waals surface area (Å²) in [6.07, 6.45) is 1.81. The lowest BCUT2D eigenvalue weighted by Gasteiger charge is -2.30. The number of carboxylic acid groups (broad SMARTS) is 1. The van der Waals surface area contributed by atoms with Gasteiger partial charge in [0.1, 0.15) is 0 Å². The molecule has 0 aliphatic carbocycles. The van der Waals surface area contributed by atoms with Gasteiger partial charge in [-0.1, -0.05) is 0 Å². The molecule has 16 heavy (non-hydrogen) atoms. The zero-order valence-electron chi connectivity index (χ0n) is 8.86. The molecule has 2 rings (SSSR count). The molecular formula is C11H14BrNO2S. The van der Waals surface area contributed by atoms with E-state index in [1.54, 1.807) is 11.3 Å². The molecule has 1 fully saturated rings. The monoisotopic (exact) mass is 303 g/mol. The van der Waals surface area contributed by atoms with Crippen LogP contribution in [-0.2, 0) is 11.3 Å². The summed E-state index contributed by atoms with van der Waals surface area (Å²) < 4.78 is 1.13. The normalized spacial score (nSPS) is 22.2. The third-order valence-electron chi connectivity index (χ3n) is 2.86. The lowest BCUT2D eigenvalue weighted by molar-refractivity contribution is -0.143. The van der Waals surface area contributed by atoms with Gasteiger partial charge < -0.3 is 5.11 Å². The van der Waals surface area contributed by atoms with E-state index in [1.165, 1.54) is 4.88 Å². The highest BCUT2D eigenvalue weighted by molar-refractivity contribution is 9.11. The molecule has 0 aromatic carbocycles. The van der Waals surface area contributed by atoms with Crippen LogP contribution in [0.15, 0.2) is 15.9 Å². The van der Waals surface area contributed by atoms with Crippen molar-refractivity contribution in [3.63, 3.8) is 0 Å². The van der Waals surface area contributed by atoms with Crippen LogP contribution in [0.25, 0.3) is 0 Å². The number of carboxylic acids is 1. The highest BCUT2D eigenvalue weighted by atomic mass is 79.9. The van der Waals surface area contributed by atoms with Crippen molar-refractivity contribution in [3.05, 3.63) is 20.8 Å². The quantitative estimate of drug-likeness (QED) is 0.933. The number of rotatable bonds is 3. The van der Waals surface area contributed by atoms with Gasteiger partial charge in [0, 0.05) is 18.0 Å². The predicted octanol–water partition coefficient (Wildman–Crippen LogP) is 2.81. The number of piperidine rings is 1. The third-order valence-corrected chi connectivity index (χ3v) is 4.47. The maximum absolute atomic E-state index is 10.9. The van der Waals surface area contributed by atoms with E-state index in [-0.39, 0.29) is 5.92 Å². The summed E-state index contributed by atoms with van der Waals surface area (Å²) >= 11 is 5.16. The molecule has 88 valence electrons. The SMILES string of the molecule is O=C(O)[C@H]1CCCN(Cc2ccc(Br)s2)C1. The second-order valence-electron chi connectivity index (χ2n) is 4.12. The first-order chi connectivity index (χ1) is 7.65. The summed E-state index contributed by atoms with van der Waals surface area (Å²) in [5.74, 6) is -0.839. The second kappa shape index (κ2) is 5.29. The Hall–Kier alpha value is -0.390. The molecular weight excluding hydrogens is 290 g/mol. The van der Waals surface area contributed by atoms with Crippen molar-refractivity contribution in [2.45, 2.75) is 19.4 Å². The van der Waals surface area contributed by atoms with Crippen LogP contribution in [0.3, 0.4) is 0 Å².